The summed E-state index contributed by atoms with van der Waals surface area (Å²) in [6.07, 6.45) is 2.43. The monoisotopic (exact) mass is 303 g/mol. The van der Waals surface area contributed by atoms with Gasteiger partial charge in [0.25, 0.3) is 0 Å². The maximum atomic E-state index is 12.3. The lowest BCUT2D eigenvalue weighted by molar-refractivity contribution is -0.117. The molecule has 22 heavy (non-hydrogen) atoms. The topological polar surface area (TPSA) is 53.6 Å². The van der Waals surface area contributed by atoms with Crippen LogP contribution >= 0.6 is 0 Å². The Morgan fingerprint density at radius 2 is 2.27 bits per heavy atom. The second-order valence-electron chi connectivity index (χ2n) is 6.36. The number of hydrogen-bond acceptors (Lipinski definition) is 4. The van der Waals surface area contributed by atoms with Gasteiger partial charge < -0.3 is 15.4 Å². The summed E-state index contributed by atoms with van der Waals surface area (Å²) in [7, 11) is 0. The van der Waals surface area contributed by atoms with E-state index in [0.29, 0.717) is 18.6 Å². The molecule has 0 aromatic heterocycles. The van der Waals surface area contributed by atoms with Crippen molar-refractivity contribution in [3.05, 3.63) is 24.3 Å². The predicted molar refractivity (Wildman–Crippen MR) is 87.2 cm³/mol. The number of ether oxygens (including phenoxy) is 1. The molecule has 0 bridgehead atoms. The van der Waals surface area contributed by atoms with Gasteiger partial charge in [0.2, 0.25) is 5.91 Å². The maximum Gasteiger partial charge on any atom is 0.238 e. The number of anilines is 1. The van der Waals surface area contributed by atoms with Crippen LogP contribution in [0.25, 0.3) is 0 Å². The van der Waals surface area contributed by atoms with Crippen LogP contribution in [0.15, 0.2) is 24.3 Å². The molecule has 0 saturated carbocycles. The summed E-state index contributed by atoms with van der Waals surface area (Å²) in [4.78, 5) is 14.6. The van der Waals surface area contributed by atoms with E-state index < -0.39 is 0 Å². The largest absolute Gasteiger partial charge is 0.492 e. The first kappa shape index (κ1) is 15.3. The molecule has 2 heterocycles. The number of hydrogen-bond donors (Lipinski definition) is 2. The fourth-order valence-corrected chi connectivity index (χ4v) is 3.55. The highest BCUT2D eigenvalue weighted by Crippen LogP contribution is 2.35. The number of likely N-dealkylation sites (tertiary alicyclic amines) is 1. The van der Waals surface area contributed by atoms with E-state index in [2.05, 4.69) is 15.5 Å². The Kier molecular flexibility index (Phi) is 4.64. The Hall–Kier alpha value is -1.59. The average molecular weight is 303 g/mol. The maximum absolute atomic E-state index is 12.3. The van der Waals surface area contributed by atoms with E-state index in [1.165, 1.54) is 12.8 Å². The van der Waals surface area contributed by atoms with Gasteiger partial charge in [-0.25, -0.2) is 0 Å². The first-order valence-electron chi connectivity index (χ1n) is 8.15. The Bertz CT molecular complexity index is 526. The third-order valence-electron chi connectivity index (χ3n) is 4.68. The van der Waals surface area contributed by atoms with Crippen molar-refractivity contribution in [2.75, 3.05) is 44.6 Å². The van der Waals surface area contributed by atoms with E-state index in [4.69, 9.17) is 4.74 Å². The lowest BCUT2D eigenvalue weighted by atomic mass is 9.87. The summed E-state index contributed by atoms with van der Waals surface area (Å²) in [5.41, 5.74) is 1.16. The van der Waals surface area contributed by atoms with Crippen LogP contribution in [0.4, 0.5) is 5.69 Å². The van der Waals surface area contributed by atoms with Gasteiger partial charge in [0.15, 0.2) is 0 Å². The number of para-hydroxylation sites is 2. The minimum absolute atomic E-state index is 0.0372. The molecule has 1 unspecified atom stereocenters. The van der Waals surface area contributed by atoms with Crippen LogP contribution in [0.5, 0.6) is 5.75 Å². The van der Waals surface area contributed by atoms with Crippen molar-refractivity contribution in [2.24, 2.45) is 5.41 Å². The molecule has 5 nitrogen and oxygen atoms in total. The first-order chi connectivity index (χ1) is 10.7. The molecule has 3 rings (SSSR count). The normalized spacial score (nSPS) is 24.8. The van der Waals surface area contributed by atoms with Crippen molar-refractivity contribution in [3.63, 3.8) is 0 Å². The molecule has 0 aliphatic carbocycles. The predicted octanol–water partition coefficient (Wildman–Crippen LogP) is 1.71. The highest BCUT2D eigenvalue weighted by atomic mass is 16.5. The van der Waals surface area contributed by atoms with Gasteiger partial charge in [0, 0.05) is 13.1 Å². The lowest BCUT2D eigenvalue weighted by Crippen LogP contribution is -2.34. The third kappa shape index (κ3) is 3.42. The van der Waals surface area contributed by atoms with Gasteiger partial charge in [-0.2, -0.15) is 0 Å². The van der Waals surface area contributed by atoms with E-state index >= 15 is 0 Å². The van der Waals surface area contributed by atoms with E-state index in [9.17, 15) is 4.79 Å². The zero-order chi connectivity index (χ0) is 15.4. The fourth-order valence-electron chi connectivity index (χ4n) is 3.55. The van der Waals surface area contributed by atoms with Crippen LogP contribution in [0.3, 0.4) is 0 Å². The molecule has 1 aromatic rings. The summed E-state index contributed by atoms with van der Waals surface area (Å²) in [6, 6.07) is 7.59. The van der Waals surface area contributed by atoms with Crippen molar-refractivity contribution < 1.29 is 9.53 Å². The van der Waals surface area contributed by atoms with Gasteiger partial charge in [0.1, 0.15) is 5.75 Å². The summed E-state index contributed by atoms with van der Waals surface area (Å²) in [5, 5.41) is 6.43. The van der Waals surface area contributed by atoms with E-state index in [1.807, 2.05) is 31.2 Å². The van der Waals surface area contributed by atoms with Gasteiger partial charge in [-0.1, -0.05) is 12.1 Å². The van der Waals surface area contributed by atoms with Gasteiger partial charge in [0.05, 0.1) is 18.8 Å². The number of rotatable bonds is 5. The van der Waals surface area contributed by atoms with E-state index in [1.54, 1.807) is 0 Å². The third-order valence-corrected chi connectivity index (χ3v) is 4.68. The van der Waals surface area contributed by atoms with Crippen molar-refractivity contribution in [3.8, 4) is 5.75 Å². The summed E-state index contributed by atoms with van der Waals surface area (Å²) in [6.45, 7) is 7.25. The Morgan fingerprint density at radius 3 is 3.05 bits per heavy atom. The van der Waals surface area contributed by atoms with Crippen molar-refractivity contribution in [1.29, 1.82) is 0 Å². The zero-order valence-corrected chi connectivity index (χ0v) is 13.2. The molecular formula is C17H25N3O2. The van der Waals surface area contributed by atoms with E-state index in [0.717, 1.165) is 37.6 Å². The van der Waals surface area contributed by atoms with Crippen LogP contribution in [-0.4, -0.2) is 50.1 Å². The average Bonchev–Trinajstić information content (AvgIpc) is 3.12. The molecule has 2 aliphatic rings. The van der Waals surface area contributed by atoms with Crippen LogP contribution in [-0.2, 0) is 4.79 Å². The zero-order valence-electron chi connectivity index (χ0n) is 13.2. The molecule has 2 aliphatic heterocycles. The highest BCUT2D eigenvalue weighted by Gasteiger charge is 2.40. The molecule has 1 aromatic carbocycles. The second-order valence-corrected chi connectivity index (χ2v) is 6.36. The molecule has 0 radical (unpaired) electrons. The van der Waals surface area contributed by atoms with Crippen molar-refractivity contribution in [1.82, 2.24) is 10.2 Å². The Labute approximate surface area is 132 Å². The van der Waals surface area contributed by atoms with Gasteiger partial charge in [-0.3, -0.25) is 9.69 Å². The standard InChI is InChI=1S/C17H25N3O2/c1-2-22-15-6-4-3-5-14(15)19-16(21)11-20-10-8-17(13-20)7-9-18-12-17/h3-6,18H,2,7-13H2,1H3,(H,19,21). The number of nitrogens with zero attached hydrogens (tertiary/aromatic N) is 1. The van der Waals surface area contributed by atoms with Gasteiger partial charge >= 0.3 is 0 Å². The molecule has 2 N–H and O–H groups in total. The van der Waals surface area contributed by atoms with E-state index in [-0.39, 0.29) is 5.91 Å². The minimum atomic E-state index is 0.0372. The molecular weight excluding hydrogens is 278 g/mol. The van der Waals surface area contributed by atoms with Crippen molar-refractivity contribution >= 4 is 11.6 Å². The van der Waals surface area contributed by atoms with Crippen molar-refractivity contribution in [2.45, 2.75) is 19.8 Å². The number of carbonyl (C=O) groups excluding carboxylic acids is 1. The highest BCUT2D eigenvalue weighted by molar-refractivity contribution is 5.93. The molecule has 120 valence electrons. The molecule has 1 amide bonds. The Morgan fingerprint density at radius 1 is 1.41 bits per heavy atom. The molecule has 5 heteroatoms. The van der Waals surface area contributed by atoms with Gasteiger partial charge in [-0.15, -0.1) is 0 Å². The first-order valence-corrected chi connectivity index (χ1v) is 8.15. The SMILES string of the molecule is CCOc1ccccc1NC(=O)CN1CCC2(CCNC2)C1. The summed E-state index contributed by atoms with van der Waals surface area (Å²) < 4.78 is 5.55. The Balaban J connectivity index is 1.55. The summed E-state index contributed by atoms with van der Waals surface area (Å²) in [5.74, 6) is 0.770. The van der Waals surface area contributed by atoms with Crippen LogP contribution in [0, 0.1) is 5.41 Å². The molecule has 1 spiro atoms. The number of carbonyl (C=O) groups is 1. The number of nitrogens with one attached hydrogen (secondary N) is 2. The second kappa shape index (κ2) is 6.67. The number of benzene rings is 1. The lowest BCUT2D eigenvalue weighted by Gasteiger charge is -2.22. The molecule has 2 saturated heterocycles. The van der Waals surface area contributed by atoms with Crippen LogP contribution in [0.1, 0.15) is 19.8 Å². The molecule has 1 atom stereocenters. The summed E-state index contributed by atoms with van der Waals surface area (Å²) >= 11 is 0. The quantitative estimate of drug-likeness (QED) is 0.869. The fraction of sp³-hybridized carbons (Fsp3) is 0.588. The van der Waals surface area contributed by atoms with Gasteiger partial charge in [-0.05, 0) is 50.4 Å². The number of amides is 1. The van der Waals surface area contributed by atoms with Crippen LogP contribution in [0.2, 0.25) is 0 Å². The minimum Gasteiger partial charge on any atom is -0.492 e. The smallest absolute Gasteiger partial charge is 0.238 e. The molecule has 2 fully saturated rings. The van der Waals surface area contributed by atoms with Crippen LogP contribution < -0.4 is 15.4 Å².